The molecule has 27 heavy (non-hydrogen) atoms. The zero-order valence-corrected chi connectivity index (χ0v) is 16.1. The smallest absolute Gasteiger partial charge is 0.247 e. The molecule has 5 nitrogen and oxygen atoms in total. The van der Waals surface area contributed by atoms with Crippen molar-refractivity contribution in [3.8, 4) is 5.75 Å². The molecule has 1 aliphatic heterocycles. The number of ether oxygens (including phenoxy) is 1. The van der Waals surface area contributed by atoms with E-state index in [1.807, 2.05) is 61.5 Å². The third-order valence-corrected chi connectivity index (χ3v) is 5.04. The topological polar surface area (TPSA) is 49.9 Å². The number of methoxy groups -OCH3 is 1. The van der Waals surface area contributed by atoms with Crippen molar-refractivity contribution in [3.05, 3.63) is 65.7 Å². The first kappa shape index (κ1) is 19.0. The Morgan fingerprint density at radius 1 is 1.07 bits per heavy atom. The molecule has 1 fully saturated rings. The van der Waals surface area contributed by atoms with Crippen LogP contribution in [0.5, 0.6) is 5.75 Å². The lowest BCUT2D eigenvalue weighted by atomic mass is 10.0. The van der Waals surface area contributed by atoms with Gasteiger partial charge in [-0.3, -0.25) is 9.59 Å². The van der Waals surface area contributed by atoms with Crippen molar-refractivity contribution in [1.82, 2.24) is 9.80 Å². The van der Waals surface area contributed by atoms with E-state index < -0.39 is 6.04 Å². The number of hydrogen-bond acceptors (Lipinski definition) is 3. The summed E-state index contributed by atoms with van der Waals surface area (Å²) >= 11 is 0. The highest BCUT2D eigenvalue weighted by Gasteiger charge is 2.46. The van der Waals surface area contributed by atoms with Gasteiger partial charge in [-0.05, 0) is 29.7 Å². The Morgan fingerprint density at radius 3 is 2.33 bits per heavy atom. The third kappa shape index (κ3) is 3.82. The largest absolute Gasteiger partial charge is 0.497 e. The highest BCUT2D eigenvalue weighted by Crippen LogP contribution is 2.35. The standard InChI is InChI=1S/C22H26N2O3/c1-4-8-20(25)24-19(15-16-11-13-18(27-3)14-12-16)22(26)23(2)21(24)17-9-6-5-7-10-17/h5-7,9-14,19,21H,4,8,15H2,1-3H3/t19-,21?/m1/s1. The van der Waals surface area contributed by atoms with Gasteiger partial charge >= 0.3 is 0 Å². The van der Waals surface area contributed by atoms with E-state index in [-0.39, 0.29) is 18.0 Å². The average molecular weight is 366 g/mol. The Hall–Kier alpha value is -2.82. The monoisotopic (exact) mass is 366 g/mol. The molecule has 5 heteroatoms. The van der Waals surface area contributed by atoms with Crippen LogP contribution in [0.15, 0.2) is 54.6 Å². The predicted molar refractivity (Wildman–Crippen MR) is 104 cm³/mol. The minimum Gasteiger partial charge on any atom is -0.497 e. The molecule has 0 bridgehead atoms. The van der Waals surface area contributed by atoms with Gasteiger partial charge in [0.2, 0.25) is 11.8 Å². The molecular formula is C22H26N2O3. The number of benzene rings is 2. The fraction of sp³-hybridized carbons (Fsp3) is 0.364. The molecule has 0 radical (unpaired) electrons. The van der Waals surface area contributed by atoms with E-state index in [1.165, 1.54) is 0 Å². The van der Waals surface area contributed by atoms with E-state index in [0.29, 0.717) is 12.8 Å². The second-order valence-corrected chi connectivity index (χ2v) is 6.85. The number of nitrogens with zero attached hydrogens (tertiary/aromatic N) is 2. The molecule has 3 rings (SSSR count). The molecule has 1 heterocycles. The lowest BCUT2D eigenvalue weighted by Gasteiger charge is -2.30. The van der Waals surface area contributed by atoms with Crippen molar-refractivity contribution in [2.75, 3.05) is 14.2 Å². The van der Waals surface area contributed by atoms with Gasteiger partial charge < -0.3 is 14.5 Å². The first-order chi connectivity index (χ1) is 13.1. The van der Waals surface area contributed by atoms with Crippen LogP contribution in [0.4, 0.5) is 0 Å². The molecule has 0 saturated carbocycles. The van der Waals surface area contributed by atoms with Gasteiger partial charge in [0.15, 0.2) is 0 Å². The van der Waals surface area contributed by atoms with Crippen molar-refractivity contribution in [3.63, 3.8) is 0 Å². The van der Waals surface area contributed by atoms with E-state index in [9.17, 15) is 9.59 Å². The molecule has 142 valence electrons. The Balaban J connectivity index is 1.94. The predicted octanol–water partition coefficient (Wildman–Crippen LogP) is 3.41. The van der Waals surface area contributed by atoms with Gasteiger partial charge in [0.25, 0.3) is 0 Å². The number of rotatable bonds is 6. The van der Waals surface area contributed by atoms with E-state index in [1.54, 1.807) is 24.0 Å². The Kier molecular flexibility index (Phi) is 5.79. The fourth-order valence-electron chi connectivity index (χ4n) is 3.66. The fourth-order valence-corrected chi connectivity index (χ4v) is 3.66. The van der Waals surface area contributed by atoms with E-state index in [2.05, 4.69) is 0 Å². The molecule has 0 aromatic heterocycles. The van der Waals surface area contributed by atoms with Crippen LogP contribution in [0.1, 0.15) is 37.1 Å². The lowest BCUT2D eigenvalue weighted by Crippen LogP contribution is -2.40. The molecule has 2 aromatic carbocycles. The van der Waals surface area contributed by atoms with Crippen LogP contribution in [0.3, 0.4) is 0 Å². The van der Waals surface area contributed by atoms with E-state index in [0.717, 1.165) is 23.3 Å². The van der Waals surface area contributed by atoms with Gasteiger partial charge in [-0.1, -0.05) is 49.4 Å². The summed E-state index contributed by atoms with van der Waals surface area (Å²) in [6.45, 7) is 1.98. The third-order valence-electron chi connectivity index (χ3n) is 5.04. The Labute approximate surface area is 160 Å². The minimum absolute atomic E-state index is 0.0163. The summed E-state index contributed by atoms with van der Waals surface area (Å²) in [7, 11) is 3.40. The van der Waals surface area contributed by atoms with Crippen molar-refractivity contribution in [2.24, 2.45) is 0 Å². The summed E-state index contributed by atoms with van der Waals surface area (Å²) in [6.07, 6.45) is 1.32. The summed E-state index contributed by atoms with van der Waals surface area (Å²) in [5, 5.41) is 0. The van der Waals surface area contributed by atoms with Gasteiger partial charge in [-0.15, -0.1) is 0 Å². The van der Waals surface area contributed by atoms with Gasteiger partial charge in [0.05, 0.1) is 7.11 Å². The number of carbonyl (C=O) groups excluding carboxylic acids is 2. The van der Waals surface area contributed by atoms with Crippen LogP contribution in [0.2, 0.25) is 0 Å². The van der Waals surface area contributed by atoms with Crippen molar-refractivity contribution in [2.45, 2.75) is 38.4 Å². The van der Waals surface area contributed by atoms with Crippen LogP contribution >= 0.6 is 0 Å². The molecule has 2 aromatic rings. The molecule has 1 unspecified atom stereocenters. The lowest BCUT2D eigenvalue weighted by molar-refractivity contribution is -0.136. The van der Waals surface area contributed by atoms with Crippen LogP contribution in [0, 0.1) is 0 Å². The van der Waals surface area contributed by atoms with Gasteiger partial charge in [-0.2, -0.15) is 0 Å². The van der Waals surface area contributed by atoms with Crippen LogP contribution in [0.25, 0.3) is 0 Å². The quantitative estimate of drug-likeness (QED) is 0.787. The first-order valence-corrected chi connectivity index (χ1v) is 9.32. The molecule has 1 saturated heterocycles. The summed E-state index contributed by atoms with van der Waals surface area (Å²) in [6, 6.07) is 16.9. The second kappa shape index (κ2) is 8.25. The van der Waals surface area contributed by atoms with Gasteiger partial charge in [-0.25, -0.2) is 0 Å². The summed E-state index contributed by atoms with van der Waals surface area (Å²) in [4.78, 5) is 29.5. The Bertz CT molecular complexity index is 789. The van der Waals surface area contributed by atoms with E-state index >= 15 is 0 Å². The van der Waals surface area contributed by atoms with Crippen LogP contribution in [-0.4, -0.2) is 41.8 Å². The maximum atomic E-state index is 13.0. The first-order valence-electron chi connectivity index (χ1n) is 9.32. The number of amides is 2. The van der Waals surface area contributed by atoms with Crippen LogP contribution < -0.4 is 4.74 Å². The highest BCUT2D eigenvalue weighted by molar-refractivity contribution is 5.91. The van der Waals surface area contributed by atoms with Crippen molar-refractivity contribution in [1.29, 1.82) is 0 Å². The molecular weight excluding hydrogens is 340 g/mol. The molecule has 0 spiro atoms. The summed E-state index contributed by atoms with van der Waals surface area (Å²) in [5.74, 6) is 0.765. The van der Waals surface area contributed by atoms with Gasteiger partial charge in [0.1, 0.15) is 18.0 Å². The molecule has 2 atom stereocenters. The van der Waals surface area contributed by atoms with E-state index in [4.69, 9.17) is 4.74 Å². The van der Waals surface area contributed by atoms with Crippen LogP contribution in [-0.2, 0) is 16.0 Å². The van der Waals surface area contributed by atoms with Crippen molar-refractivity contribution < 1.29 is 14.3 Å². The number of hydrogen-bond donors (Lipinski definition) is 0. The Morgan fingerprint density at radius 2 is 1.74 bits per heavy atom. The number of carbonyl (C=O) groups is 2. The molecule has 0 N–H and O–H groups in total. The summed E-state index contributed by atoms with van der Waals surface area (Å²) in [5.41, 5.74) is 1.96. The molecule has 1 aliphatic rings. The second-order valence-electron chi connectivity index (χ2n) is 6.85. The SMILES string of the molecule is CCCC(=O)N1C(c2ccccc2)N(C)C(=O)[C@H]1Cc1ccc(OC)cc1. The zero-order valence-electron chi connectivity index (χ0n) is 16.1. The maximum absolute atomic E-state index is 13.0. The normalized spacial score (nSPS) is 19.4. The van der Waals surface area contributed by atoms with Gasteiger partial charge in [0, 0.05) is 19.9 Å². The molecule has 0 aliphatic carbocycles. The summed E-state index contributed by atoms with van der Waals surface area (Å²) < 4.78 is 5.20. The maximum Gasteiger partial charge on any atom is 0.247 e. The minimum atomic E-state index is -0.493. The highest BCUT2D eigenvalue weighted by atomic mass is 16.5. The number of likely N-dealkylation sites (N-methyl/N-ethyl adjacent to an activating group) is 1. The average Bonchev–Trinajstić information content (AvgIpc) is 2.94. The zero-order chi connectivity index (χ0) is 19.4. The van der Waals surface area contributed by atoms with Crippen molar-refractivity contribution >= 4 is 11.8 Å². The molecule has 2 amide bonds.